The van der Waals surface area contributed by atoms with Crippen molar-refractivity contribution < 1.29 is 45.8 Å². The second-order valence-corrected chi connectivity index (χ2v) is 10.9. The van der Waals surface area contributed by atoms with Crippen LogP contribution in [0.2, 0.25) is 10.0 Å². The largest absolute Gasteiger partial charge is 0.489 e. The number of sulfonamides is 1. The van der Waals surface area contributed by atoms with Crippen LogP contribution in [0.15, 0.2) is 53.6 Å². The Bertz CT molecular complexity index is 1600. The SMILES string of the molecule is COCN(c1cc(Cl)cnc1C(=O)c1cccc2c1OCCN2C(=O)O)S(=O)(=O)c1ccc(Cl)c(C(F)(F)F)c1. The van der Waals surface area contributed by atoms with Crippen LogP contribution >= 0.6 is 23.2 Å². The van der Waals surface area contributed by atoms with Crippen LogP contribution in [-0.4, -0.2) is 57.4 Å². The lowest BCUT2D eigenvalue weighted by Gasteiger charge is -2.29. The van der Waals surface area contributed by atoms with Crippen LogP contribution in [0.1, 0.15) is 21.6 Å². The summed E-state index contributed by atoms with van der Waals surface area (Å²) in [6.07, 6.45) is -5.17. The number of hydrogen-bond acceptors (Lipinski definition) is 7. The third kappa shape index (κ3) is 5.52. The zero-order chi connectivity index (χ0) is 29.4. The lowest BCUT2D eigenvalue weighted by Crippen LogP contribution is -2.37. The van der Waals surface area contributed by atoms with Gasteiger partial charge in [0.15, 0.2) is 5.75 Å². The summed E-state index contributed by atoms with van der Waals surface area (Å²) < 4.78 is 78.8. The maximum atomic E-state index is 13.7. The molecule has 212 valence electrons. The summed E-state index contributed by atoms with van der Waals surface area (Å²) in [5.41, 5.74) is -2.32. The number of benzene rings is 2. The van der Waals surface area contributed by atoms with E-state index in [4.69, 9.17) is 32.7 Å². The van der Waals surface area contributed by atoms with Gasteiger partial charge in [-0.15, -0.1) is 0 Å². The number of carboxylic acid groups (broad SMARTS) is 1. The minimum atomic E-state index is -4.95. The van der Waals surface area contributed by atoms with Crippen LogP contribution in [0.25, 0.3) is 0 Å². The fraction of sp³-hybridized carbons (Fsp3) is 0.208. The van der Waals surface area contributed by atoms with Gasteiger partial charge >= 0.3 is 12.3 Å². The van der Waals surface area contributed by atoms with Crippen LogP contribution in [0.4, 0.5) is 29.3 Å². The number of fused-ring (bicyclic) bond motifs is 1. The molecular weight excluding hydrogens is 602 g/mol. The number of pyridine rings is 1. The summed E-state index contributed by atoms with van der Waals surface area (Å²) in [5, 5.41) is 8.70. The molecule has 2 heterocycles. The predicted octanol–water partition coefficient (Wildman–Crippen LogP) is 5.31. The van der Waals surface area contributed by atoms with Gasteiger partial charge in [-0.1, -0.05) is 29.3 Å². The average Bonchev–Trinajstić information content (AvgIpc) is 2.89. The van der Waals surface area contributed by atoms with Crippen molar-refractivity contribution in [2.75, 3.05) is 36.2 Å². The third-order valence-electron chi connectivity index (χ3n) is 5.72. The number of nitrogens with zero attached hydrogens (tertiary/aromatic N) is 3. The molecule has 0 saturated heterocycles. The number of carbonyl (C=O) groups excluding carboxylic acids is 1. The van der Waals surface area contributed by atoms with Gasteiger partial charge in [0.1, 0.15) is 19.0 Å². The molecule has 10 nitrogen and oxygen atoms in total. The van der Waals surface area contributed by atoms with Crippen LogP contribution in [-0.2, 0) is 20.9 Å². The average molecular weight is 620 g/mol. The number of anilines is 2. The van der Waals surface area contributed by atoms with Crippen molar-refractivity contribution >= 4 is 56.5 Å². The van der Waals surface area contributed by atoms with Crippen molar-refractivity contribution in [3.63, 3.8) is 0 Å². The zero-order valence-electron chi connectivity index (χ0n) is 20.3. The molecule has 2 aromatic carbocycles. The van der Waals surface area contributed by atoms with E-state index in [1.54, 1.807) is 0 Å². The Morgan fingerprint density at radius 2 is 1.93 bits per heavy atom. The van der Waals surface area contributed by atoms with Gasteiger partial charge in [-0.25, -0.2) is 22.5 Å². The summed E-state index contributed by atoms with van der Waals surface area (Å²) in [6.45, 7) is -0.803. The molecule has 3 aromatic rings. The number of carbonyl (C=O) groups is 2. The van der Waals surface area contributed by atoms with Crippen molar-refractivity contribution in [1.29, 1.82) is 0 Å². The lowest BCUT2D eigenvalue weighted by atomic mass is 10.0. The summed E-state index contributed by atoms with van der Waals surface area (Å²) in [4.78, 5) is 29.6. The first-order chi connectivity index (χ1) is 18.8. The smallest absolute Gasteiger partial charge is 0.417 e. The number of alkyl halides is 3. The quantitative estimate of drug-likeness (QED) is 0.278. The van der Waals surface area contributed by atoms with Gasteiger partial charge in [-0.3, -0.25) is 9.69 Å². The van der Waals surface area contributed by atoms with Gasteiger partial charge in [-0.05, 0) is 36.4 Å². The molecule has 4 rings (SSSR count). The lowest BCUT2D eigenvalue weighted by molar-refractivity contribution is -0.137. The Kier molecular flexibility index (Phi) is 8.17. The van der Waals surface area contributed by atoms with Gasteiger partial charge in [0.05, 0.1) is 44.0 Å². The first-order valence-electron chi connectivity index (χ1n) is 11.1. The topological polar surface area (TPSA) is 126 Å². The summed E-state index contributed by atoms with van der Waals surface area (Å²) >= 11 is 11.7. The van der Waals surface area contributed by atoms with Crippen molar-refractivity contribution in [3.8, 4) is 5.75 Å². The van der Waals surface area contributed by atoms with Crippen LogP contribution in [0.5, 0.6) is 5.75 Å². The third-order valence-corrected chi connectivity index (χ3v) is 7.99. The number of amides is 1. The zero-order valence-corrected chi connectivity index (χ0v) is 22.6. The molecule has 16 heteroatoms. The normalized spacial score (nSPS) is 13.4. The van der Waals surface area contributed by atoms with Crippen molar-refractivity contribution in [2.45, 2.75) is 11.1 Å². The standard InChI is InChI=1S/C24H18Cl2F3N3O7S/c1-38-12-32(40(36,37)14-5-6-17(26)16(10-14)24(27,28)29)19-9-13(25)11-30-20(19)21(33)15-3-2-4-18-22(15)39-8-7-31(18)23(34)35/h2-6,9-11H,7-8,12H2,1H3,(H,34,35). The van der Waals surface area contributed by atoms with Crippen LogP contribution < -0.4 is 13.9 Å². The number of rotatable bonds is 7. The molecule has 0 fully saturated rings. The molecule has 0 radical (unpaired) electrons. The summed E-state index contributed by atoms with van der Waals surface area (Å²) in [5.74, 6) is -0.948. The van der Waals surface area contributed by atoms with Gasteiger partial charge in [0, 0.05) is 13.3 Å². The van der Waals surface area contributed by atoms with Gasteiger partial charge in [0.2, 0.25) is 5.78 Å². The Balaban J connectivity index is 1.87. The van der Waals surface area contributed by atoms with Crippen molar-refractivity contribution in [1.82, 2.24) is 4.98 Å². The molecule has 0 saturated carbocycles. The second kappa shape index (κ2) is 11.1. The first-order valence-corrected chi connectivity index (χ1v) is 13.3. The van der Waals surface area contributed by atoms with Crippen LogP contribution in [0.3, 0.4) is 0 Å². The van der Waals surface area contributed by atoms with E-state index in [1.807, 2.05) is 0 Å². The van der Waals surface area contributed by atoms with Gasteiger partial charge in [-0.2, -0.15) is 13.2 Å². The van der Waals surface area contributed by atoms with Gasteiger partial charge in [0.25, 0.3) is 10.0 Å². The highest BCUT2D eigenvalue weighted by atomic mass is 35.5. The molecule has 1 aromatic heterocycles. The maximum Gasteiger partial charge on any atom is 0.417 e. The van der Waals surface area contributed by atoms with E-state index < -0.39 is 61.7 Å². The van der Waals surface area contributed by atoms with Crippen molar-refractivity contribution in [2.24, 2.45) is 0 Å². The highest BCUT2D eigenvalue weighted by molar-refractivity contribution is 7.92. The maximum absolute atomic E-state index is 13.7. The molecular formula is C24H18Cl2F3N3O7S. The number of ether oxygens (including phenoxy) is 2. The van der Waals surface area contributed by atoms with E-state index in [-0.39, 0.29) is 35.2 Å². The molecule has 1 aliphatic heterocycles. The number of methoxy groups -OCH3 is 1. The summed E-state index contributed by atoms with van der Waals surface area (Å²) in [7, 11) is -3.69. The van der Waals surface area contributed by atoms with E-state index in [0.717, 1.165) is 36.4 Å². The number of hydrogen-bond donors (Lipinski definition) is 1. The minimum Gasteiger partial charge on any atom is -0.489 e. The first kappa shape index (κ1) is 29.4. The molecule has 1 N–H and O–H groups in total. The Morgan fingerprint density at radius 1 is 1.20 bits per heavy atom. The fourth-order valence-electron chi connectivity index (χ4n) is 3.94. The number of para-hydroxylation sites is 1. The molecule has 0 bridgehead atoms. The molecule has 1 aliphatic rings. The Morgan fingerprint density at radius 3 is 2.58 bits per heavy atom. The second-order valence-electron chi connectivity index (χ2n) is 8.20. The predicted molar refractivity (Wildman–Crippen MR) is 138 cm³/mol. The molecule has 1 amide bonds. The van der Waals surface area contributed by atoms with E-state index in [0.29, 0.717) is 10.4 Å². The van der Waals surface area contributed by atoms with E-state index in [1.165, 1.54) is 18.2 Å². The number of aromatic nitrogens is 1. The highest BCUT2D eigenvalue weighted by Crippen LogP contribution is 2.39. The highest BCUT2D eigenvalue weighted by Gasteiger charge is 2.37. The number of halogens is 5. The van der Waals surface area contributed by atoms with Crippen LogP contribution in [0, 0.1) is 0 Å². The number of ketones is 1. The molecule has 0 aliphatic carbocycles. The van der Waals surface area contributed by atoms with E-state index >= 15 is 0 Å². The van der Waals surface area contributed by atoms with Gasteiger partial charge < -0.3 is 14.6 Å². The Labute approximate surface area is 235 Å². The molecule has 0 atom stereocenters. The fourth-order valence-corrected chi connectivity index (χ4v) is 5.72. The van der Waals surface area contributed by atoms with E-state index in [9.17, 15) is 36.3 Å². The molecule has 40 heavy (non-hydrogen) atoms. The minimum absolute atomic E-state index is 0.00525. The van der Waals surface area contributed by atoms with Crippen molar-refractivity contribution in [3.05, 3.63) is 75.5 Å². The van der Waals surface area contributed by atoms with E-state index in [2.05, 4.69) is 4.98 Å². The monoisotopic (exact) mass is 619 g/mol. The summed E-state index contributed by atoms with van der Waals surface area (Å²) in [6, 6.07) is 7.26. The Hall–Kier alpha value is -3.59. The molecule has 0 unspecified atom stereocenters. The molecule has 0 spiro atoms.